The van der Waals surface area contributed by atoms with Crippen molar-refractivity contribution in [2.24, 2.45) is 5.73 Å². The highest BCUT2D eigenvalue weighted by Crippen LogP contribution is 2.39. The number of halogens is 1. The number of rotatable bonds is 5. The molecule has 1 aromatic carbocycles. The third-order valence-corrected chi connectivity index (χ3v) is 7.24. The Morgan fingerprint density at radius 2 is 1.84 bits per heavy atom. The number of amides is 3. The smallest absolute Gasteiger partial charge is 0.256 e. The standard InChI is InChI=1S/C22H25FN4O3S/c1-13(20(29)25-21-18(19(24)28)15-6-4-8-17(15)31-21)26-9-11-27(12-10-26)22(30)14-5-2-3-7-16(14)23/h2-3,5,7,13H,4,6,8-12H2,1H3,(H2,24,28)(H,25,29). The van der Waals surface area contributed by atoms with Gasteiger partial charge in [0.05, 0.1) is 17.2 Å². The molecule has 0 radical (unpaired) electrons. The highest BCUT2D eigenvalue weighted by atomic mass is 32.1. The number of carbonyl (C=O) groups excluding carboxylic acids is 3. The Morgan fingerprint density at radius 3 is 2.52 bits per heavy atom. The van der Waals surface area contributed by atoms with E-state index in [0.717, 1.165) is 29.7 Å². The number of fused-ring (bicyclic) bond motifs is 1. The van der Waals surface area contributed by atoms with Gasteiger partial charge in [0.15, 0.2) is 0 Å². The third-order valence-electron chi connectivity index (χ3n) is 6.04. The van der Waals surface area contributed by atoms with E-state index in [4.69, 9.17) is 5.73 Å². The maximum Gasteiger partial charge on any atom is 0.256 e. The Hall–Kier alpha value is -2.78. The summed E-state index contributed by atoms with van der Waals surface area (Å²) in [7, 11) is 0. The molecule has 2 aliphatic rings. The minimum absolute atomic E-state index is 0.0615. The number of thiophene rings is 1. The first-order chi connectivity index (χ1) is 14.9. The first kappa shape index (κ1) is 21.5. The van der Waals surface area contributed by atoms with Gasteiger partial charge in [-0.05, 0) is 43.9 Å². The Kier molecular flexibility index (Phi) is 6.06. The SMILES string of the molecule is CC(C(=O)Nc1sc2c(c1C(N)=O)CCC2)N1CCN(C(=O)c2ccccc2F)CC1. The fourth-order valence-electron chi connectivity index (χ4n) is 4.25. The first-order valence-electron chi connectivity index (χ1n) is 10.4. The van der Waals surface area contributed by atoms with Gasteiger partial charge in [-0.2, -0.15) is 0 Å². The number of carbonyl (C=O) groups is 3. The molecule has 2 aromatic rings. The van der Waals surface area contributed by atoms with Crippen molar-refractivity contribution in [3.8, 4) is 0 Å². The van der Waals surface area contributed by atoms with Crippen molar-refractivity contribution in [2.75, 3.05) is 31.5 Å². The fraction of sp³-hybridized carbons (Fsp3) is 0.409. The van der Waals surface area contributed by atoms with Gasteiger partial charge in [-0.3, -0.25) is 19.3 Å². The van der Waals surface area contributed by atoms with Crippen molar-refractivity contribution in [3.05, 3.63) is 51.7 Å². The summed E-state index contributed by atoms with van der Waals surface area (Å²) >= 11 is 1.43. The number of hydrogen-bond acceptors (Lipinski definition) is 5. The zero-order valence-electron chi connectivity index (χ0n) is 17.3. The second-order valence-electron chi connectivity index (χ2n) is 7.90. The average molecular weight is 445 g/mol. The lowest BCUT2D eigenvalue weighted by molar-refractivity contribution is -0.121. The van der Waals surface area contributed by atoms with Gasteiger partial charge in [-0.15, -0.1) is 11.3 Å². The summed E-state index contributed by atoms with van der Waals surface area (Å²) in [5.74, 6) is -1.59. The number of aryl methyl sites for hydroxylation is 1. The Labute approximate surface area is 184 Å². The summed E-state index contributed by atoms with van der Waals surface area (Å²) in [6.07, 6.45) is 2.72. The van der Waals surface area contributed by atoms with E-state index in [-0.39, 0.29) is 17.4 Å². The van der Waals surface area contributed by atoms with Crippen LogP contribution in [0.15, 0.2) is 24.3 Å². The van der Waals surface area contributed by atoms with Crippen molar-refractivity contribution in [3.63, 3.8) is 0 Å². The van der Waals surface area contributed by atoms with E-state index in [0.29, 0.717) is 36.7 Å². The number of hydrogen-bond donors (Lipinski definition) is 2. The second kappa shape index (κ2) is 8.76. The molecule has 1 fully saturated rings. The molecule has 1 atom stereocenters. The van der Waals surface area contributed by atoms with Crippen LogP contribution in [0.25, 0.3) is 0 Å². The Morgan fingerprint density at radius 1 is 1.13 bits per heavy atom. The monoisotopic (exact) mass is 444 g/mol. The normalized spacial score (nSPS) is 17.3. The largest absolute Gasteiger partial charge is 0.365 e. The van der Waals surface area contributed by atoms with E-state index in [1.165, 1.54) is 23.5 Å². The Bertz CT molecular complexity index is 1030. The third kappa shape index (κ3) is 4.20. The van der Waals surface area contributed by atoms with Crippen LogP contribution in [0, 0.1) is 5.82 Å². The summed E-state index contributed by atoms with van der Waals surface area (Å²) in [6, 6.07) is 5.50. The predicted molar refractivity (Wildman–Crippen MR) is 117 cm³/mol. The van der Waals surface area contributed by atoms with Crippen LogP contribution >= 0.6 is 11.3 Å². The van der Waals surface area contributed by atoms with Crippen LogP contribution < -0.4 is 11.1 Å². The van der Waals surface area contributed by atoms with Crippen molar-refractivity contribution in [2.45, 2.75) is 32.2 Å². The minimum atomic E-state index is -0.532. The van der Waals surface area contributed by atoms with Gasteiger partial charge in [-0.1, -0.05) is 12.1 Å². The lowest BCUT2D eigenvalue weighted by atomic mass is 10.1. The number of anilines is 1. The van der Waals surface area contributed by atoms with Crippen molar-refractivity contribution in [1.29, 1.82) is 0 Å². The van der Waals surface area contributed by atoms with Crippen LogP contribution in [0.2, 0.25) is 0 Å². The molecule has 2 heterocycles. The van der Waals surface area contributed by atoms with Crippen molar-refractivity contribution in [1.82, 2.24) is 9.80 Å². The summed E-state index contributed by atoms with van der Waals surface area (Å²) in [4.78, 5) is 42.1. The molecule has 0 bridgehead atoms. The first-order valence-corrected chi connectivity index (χ1v) is 11.2. The van der Waals surface area contributed by atoms with Crippen LogP contribution in [0.5, 0.6) is 0 Å². The maximum absolute atomic E-state index is 13.9. The molecule has 1 aliphatic heterocycles. The molecular formula is C22H25FN4O3S. The van der Waals surface area contributed by atoms with Gasteiger partial charge in [0.1, 0.15) is 10.8 Å². The van der Waals surface area contributed by atoms with E-state index in [2.05, 4.69) is 5.32 Å². The van der Waals surface area contributed by atoms with E-state index in [1.54, 1.807) is 24.0 Å². The van der Waals surface area contributed by atoms with Gasteiger partial charge in [0.2, 0.25) is 5.91 Å². The number of benzene rings is 1. The van der Waals surface area contributed by atoms with E-state index in [1.807, 2.05) is 4.90 Å². The molecule has 3 N–H and O–H groups in total. The number of nitrogens with two attached hydrogens (primary N) is 1. The van der Waals surface area contributed by atoms with Crippen LogP contribution in [-0.2, 0) is 17.6 Å². The van der Waals surface area contributed by atoms with E-state index >= 15 is 0 Å². The van der Waals surface area contributed by atoms with Crippen LogP contribution in [-0.4, -0.2) is 59.7 Å². The summed E-state index contributed by atoms with van der Waals surface area (Å²) < 4.78 is 13.9. The lowest BCUT2D eigenvalue weighted by Gasteiger charge is -2.37. The molecule has 164 valence electrons. The average Bonchev–Trinajstić information content (AvgIpc) is 3.33. The van der Waals surface area contributed by atoms with Gasteiger partial charge >= 0.3 is 0 Å². The van der Waals surface area contributed by atoms with Crippen LogP contribution in [0.4, 0.5) is 9.39 Å². The quantitative estimate of drug-likeness (QED) is 0.740. The number of nitrogens with zero attached hydrogens (tertiary/aromatic N) is 2. The van der Waals surface area contributed by atoms with Gasteiger partial charge in [0.25, 0.3) is 11.8 Å². The van der Waals surface area contributed by atoms with E-state index in [9.17, 15) is 18.8 Å². The second-order valence-corrected chi connectivity index (χ2v) is 9.00. The van der Waals surface area contributed by atoms with Gasteiger partial charge in [-0.25, -0.2) is 4.39 Å². The molecule has 9 heteroatoms. The highest BCUT2D eigenvalue weighted by Gasteiger charge is 2.31. The lowest BCUT2D eigenvalue weighted by Crippen LogP contribution is -2.54. The molecule has 1 unspecified atom stereocenters. The van der Waals surface area contributed by atoms with Crippen molar-refractivity contribution >= 4 is 34.1 Å². The van der Waals surface area contributed by atoms with Crippen LogP contribution in [0.3, 0.4) is 0 Å². The number of piperazine rings is 1. The van der Waals surface area contributed by atoms with E-state index < -0.39 is 17.8 Å². The molecule has 1 aliphatic carbocycles. The molecule has 1 aromatic heterocycles. The molecule has 1 saturated heterocycles. The molecule has 0 saturated carbocycles. The zero-order valence-corrected chi connectivity index (χ0v) is 18.1. The highest BCUT2D eigenvalue weighted by molar-refractivity contribution is 7.17. The maximum atomic E-state index is 13.9. The fourth-order valence-corrected chi connectivity index (χ4v) is 5.55. The summed E-state index contributed by atoms with van der Waals surface area (Å²) in [6.45, 7) is 3.61. The van der Waals surface area contributed by atoms with Crippen LogP contribution in [0.1, 0.15) is 44.5 Å². The molecule has 31 heavy (non-hydrogen) atoms. The molecular weight excluding hydrogens is 419 g/mol. The molecule has 7 nitrogen and oxygen atoms in total. The Balaban J connectivity index is 1.38. The topological polar surface area (TPSA) is 95.7 Å². The summed E-state index contributed by atoms with van der Waals surface area (Å²) in [5, 5.41) is 3.42. The predicted octanol–water partition coefficient (Wildman–Crippen LogP) is 2.26. The molecule has 0 spiro atoms. The minimum Gasteiger partial charge on any atom is -0.365 e. The number of primary amides is 1. The molecule has 4 rings (SSSR count). The summed E-state index contributed by atoms with van der Waals surface area (Å²) in [5.41, 5.74) is 7.05. The molecule has 3 amide bonds. The van der Waals surface area contributed by atoms with Crippen molar-refractivity contribution < 1.29 is 18.8 Å². The van der Waals surface area contributed by atoms with Gasteiger partial charge in [0, 0.05) is 31.1 Å². The number of nitrogens with one attached hydrogen (secondary N) is 1. The van der Waals surface area contributed by atoms with Gasteiger partial charge < -0.3 is 16.0 Å². The zero-order chi connectivity index (χ0) is 22.1.